The Morgan fingerprint density at radius 2 is 1.96 bits per heavy atom. The molecule has 6 nitrogen and oxygen atoms in total. The molecule has 6 heteroatoms. The number of nitrogens with zero attached hydrogens (tertiary/aromatic N) is 3. The molecule has 134 valence electrons. The Labute approximate surface area is 147 Å². The summed E-state index contributed by atoms with van der Waals surface area (Å²) in [5.41, 5.74) is 1.11. The molecule has 1 heterocycles. The average Bonchev–Trinajstić information content (AvgIpc) is 3.11. The van der Waals surface area contributed by atoms with Gasteiger partial charge in [-0.2, -0.15) is 0 Å². The zero-order valence-corrected chi connectivity index (χ0v) is 14.4. The summed E-state index contributed by atoms with van der Waals surface area (Å²) >= 11 is 0. The second-order valence-corrected chi connectivity index (χ2v) is 6.86. The van der Waals surface area contributed by atoms with Gasteiger partial charge in [0.05, 0.1) is 18.9 Å². The van der Waals surface area contributed by atoms with E-state index in [9.17, 15) is 10.0 Å². The molecule has 1 aromatic heterocycles. The molecule has 1 aliphatic rings. The highest BCUT2D eigenvalue weighted by Crippen LogP contribution is 2.33. The van der Waals surface area contributed by atoms with E-state index in [-0.39, 0.29) is 12.5 Å². The van der Waals surface area contributed by atoms with Crippen molar-refractivity contribution in [1.82, 2.24) is 15.3 Å². The SMILES string of the molecule is O=CN(O)C[C@H](CC1CCCCC1)c1nnc(Cc2ccccc2)o1. The third-order valence-electron chi connectivity index (χ3n) is 4.90. The maximum Gasteiger partial charge on any atom is 0.233 e. The van der Waals surface area contributed by atoms with Gasteiger partial charge in [0, 0.05) is 0 Å². The zero-order chi connectivity index (χ0) is 17.5. The molecule has 0 aliphatic heterocycles. The number of amides is 1. The van der Waals surface area contributed by atoms with Crippen molar-refractivity contribution < 1.29 is 14.4 Å². The number of rotatable bonds is 8. The van der Waals surface area contributed by atoms with Crippen LogP contribution in [0, 0.1) is 5.92 Å². The van der Waals surface area contributed by atoms with E-state index in [2.05, 4.69) is 10.2 Å². The van der Waals surface area contributed by atoms with Crippen molar-refractivity contribution >= 4 is 6.41 Å². The van der Waals surface area contributed by atoms with Crippen molar-refractivity contribution in [2.24, 2.45) is 5.92 Å². The van der Waals surface area contributed by atoms with Crippen LogP contribution < -0.4 is 0 Å². The van der Waals surface area contributed by atoms with Crippen LogP contribution in [0.15, 0.2) is 34.7 Å². The number of carbonyl (C=O) groups is 1. The van der Waals surface area contributed by atoms with E-state index in [0.717, 1.165) is 12.0 Å². The molecule has 2 aromatic rings. The monoisotopic (exact) mass is 343 g/mol. The summed E-state index contributed by atoms with van der Waals surface area (Å²) in [4.78, 5) is 10.8. The summed E-state index contributed by atoms with van der Waals surface area (Å²) < 4.78 is 5.86. The predicted octanol–water partition coefficient (Wildman–Crippen LogP) is 3.56. The summed E-state index contributed by atoms with van der Waals surface area (Å²) in [5, 5.41) is 18.7. The fourth-order valence-corrected chi connectivity index (χ4v) is 3.62. The van der Waals surface area contributed by atoms with Crippen LogP contribution in [0.2, 0.25) is 0 Å². The highest BCUT2D eigenvalue weighted by molar-refractivity contribution is 5.44. The van der Waals surface area contributed by atoms with Crippen molar-refractivity contribution in [3.8, 4) is 0 Å². The van der Waals surface area contributed by atoms with Crippen LogP contribution in [0.1, 0.15) is 61.8 Å². The van der Waals surface area contributed by atoms with Crippen LogP contribution in [0.5, 0.6) is 0 Å². The molecule has 0 spiro atoms. The molecule has 1 saturated carbocycles. The fourth-order valence-electron chi connectivity index (χ4n) is 3.62. The highest BCUT2D eigenvalue weighted by Gasteiger charge is 2.26. The van der Waals surface area contributed by atoms with Gasteiger partial charge in [0.15, 0.2) is 0 Å². The van der Waals surface area contributed by atoms with Crippen LogP contribution in [-0.4, -0.2) is 33.4 Å². The summed E-state index contributed by atoms with van der Waals surface area (Å²) in [6, 6.07) is 9.97. The van der Waals surface area contributed by atoms with E-state index >= 15 is 0 Å². The molecule has 25 heavy (non-hydrogen) atoms. The van der Waals surface area contributed by atoms with E-state index in [4.69, 9.17) is 4.42 Å². The maximum atomic E-state index is 10.8. The van der Waals surface area contributed by atoms with Gasteiger partial charge in [-0.3, -0.25) is 10.0 Å². The molecule has 0 unspecified atom stereocenters. The smallest absolute Gasteiger partial charge is 0.233 e. The third kappa shape index (κ3) is 5.13. The molecule has 3 rings (SSSR count). The van der Waals surface area contributed by atoms with Crippen LogP contribution in [0.4, 0.5) is 0 Å². The van der Waals surface area contributed by atoms with Gasteiger partial charge < -0.3 is 4.42 Å². The van der Waals surface area contributed by atoms with Gasteiger partial charge in [-0.15, -0.1) is 10.2 Å². The van der Waals surface area contributed by atoms with E-state index in [1.165, 1.54) is 32.1 Å². The number of benzene rings is 1. The lowest BCUT2D eigenvalue weighted by Crippen LogP contribution is -2.26. The topological polar surface area (TPSA) is 79.5 Å². The standard InChI is InChI=1S/C19H25N3O3/c23-14-22(24)13-17(11-15-7-3-1-4-8-15)19-21-20-18(25-19)12-16-9-5-2-6-10-16/h2,5-6,9-10,14-15,17,24H,1,3-4,7-8,11-13H2/t17-/m0/s1. The second-order valence-electron chi connectivity index (χ2n) is 6.86. The van der Waals surface area contributed by atoms with E-state index in [1.54, 1.807) is 0 Å². The molecule has 1 fully saturated rings. The first-order chi connectivity index (χ1) is 12.2. The van der Waals surface area contributed by atoms with Crippen LogP contribution >= 0.6 is 0 Å². The molecule has 0 radical (unpaired) electrons. The minimum atomic E-state index is -0.129. The van der Waals surface area contributed by atoms with Crippen molar-refractivity contribution in [2.75, 3.05) is 6.54 Å². The molecular weight excluding hydrogens is 318 g/mol. The number of aromatic nitrogens is 2. The van der Waals surface area contributed by atoms with Crippen molar-refractivity contribution in [3.63, 3.8) is 0 Å². The first-order valence-corrected chi connectivity index (χ1v) is 9.01. The van der Waals surface area contributed by atoms with Gasteiger partial charge in [0.25, 0.3) is 0 Å². The normalized spacial score (nSPS) is 16.5. The van der Waals surface area contributed by atoms with E-state index in [1.807, 2.05) is 30.3 Å². The van der Waals surface area contributed by atoms with E-state index in [0.29, 0.717) is 35.6 Å². The first-order valence-electron chi connectivity index (χ1n) is 9.01. The Bertz CT molecular complexity index is 653. The van der Waals surface area contributed by atoms with Gasteiger partial charge in [0.2, 0.25) is 18.2 Å². The largest absolute Gasteiger partial charge is 0.425 e. The van der Waals surface area contributed by atoms with Gasteiger partial charge in [-0.25, -0.2) is 5.06 Å². The molecule has 1 atom stereocenters. The molecular formula is C19H25N3O3. The van der Waals surface area contributed by atoms with Crippen molar-refractivity contribution in [2.45, 2.75) is 50.9 Å². The lowest BCUT2D eigenvalue weighted by molar-refractivity contribution is -0.151. The summed E-state index contributed by atoms with van der Waals surface area (Å²) in [5.74, 6) is 1.53. The van der Waals surface area contributed by atoms with Crippen molar-refractivity contribution in [3.05, 3.63) is 47.7 Å². The third-order valence-corrected chi connectivity index (χ3v) is 4.90. The Hall–Kier alpha value is -2.21. The predicted molar refractivity (Wildman–Crippen MR) is 92.0 cm³/mol. The molecule has 1 aromatic carbocycles. The fraction of sp³-hybridized carbons (Fsp3) is 0.526. The number of hydrogen-bond donors (Lipinski definition) is 1. The Morgan fingerprint density at radius 3 is 2.68 bits per heavy atom. The molecule has 1 amide bonds. The van der Waals surface area contributed by atoms with E-state index < -0.39 is 0 Å². The van der Waals surface area contributed by atoms with Gasteiger partial charge in [-0.05, 0) is 17.9 Å². The average molecular weight is 343 g/mol. The molecule has 0 saturated heterocycles. The summed E-state index contributed by atoms with van der Waals surface area (Å²) in [7, 11) is 0. The Kier molecular flexibility index (Phi) is 6.17. The second kappa shape index (κ2) is 8.76. The van der Waals surface area contributed by atoms with Gasteiger partial charge >= 0.3 is 0 Å². The number of hydroxylamine groups is 2. The van der Waals surface area contributed by atoms with Crippen LogP contribution in [-0.2, 0) is 11.2 Å². The summed E-state index contributed by atoms with van der Waals surface area (Å²) in [6.07, 6.45) is 8.03. The minimum absolute atomic E-state index is 0.129. The first kappa shape index (κ1) is 17.6. The molecule has 0 bridgehead atoms. The minimum Gasteiger partial charge on any atom is -0.425 e. The lowest BCUT2D eigenvalue weighted by Gasteiger charge is -2.25. The Balaban J connectivity index is 1.69. The molecule has 1 aliphatic carbocycles. The lowest BCUT2D eigenvalue weighted by atomic mass is 9.82. The van der Waals surface area contributed by atoms with Crippen molar-refractivity contribution in [1.29, 1.82) is 0 Å². The number of carbonyl (C=O) groups excluding carboxylic acids is 1. The maximum absolute atomic E-state index is 10.8. The van der Waals surface area contributed by atoms with Gasteiger partial charge in [0.1, 0.15) is 0 Å². The van der Waals surface area contributed by atoms with Crippen LogP contribution in [0.25, 0.3) is 0 Å². The summed E-state index contributed by atoms with van der Waals surface area (Å²) in [6.45, 7) is 0.187. The molecule has 1 N–H and O–H groups in total. The quantitative estimate of drug-likeness (QED) is 0.450. The number of hydrogen-bond acceptors (Lipinski definition) is 5. The highest BCUT2D eigenvalue weighted by atomic mass is 16.5. The zero-order valence-electron chi connectivity index (χ0n) is 14.4. The van der Waals surface area contributed by atoms with Crippen LogP contribution in [0.3, 0.4) is 0 Å². The Morgan fingerprint density at radius 1 is 1.20 bits per heavy atom. The van der Waals surface area contributed by atoms with Gasteiger partial charge in [-0.1, -0.05) is 62.4 Å².